The molecule has 15 heavy (non-hydrogen) atoms. The zero-order valence-corrected chi connectivity index (χ0v) is 8.33. The quantitative estimate of drug-likeness (QED) is 0.454. The second-order valence-corrected chi connectivity index (χ2v) is 4.39. The van der Waals surface area contributed by atoms with Gasteiger partial charge in [0.05, 0.1) is 6.16 Å². The maximum absolute atomic E-state index is 10.7. The Labute approximate surface area is 84.6 Å². The van der Waals surface area contributed by atoms with E-state index in [2.05, 4.69) is 4.84 Å². The fourth-order valence-electron chi connectivity index (χ4n) is 1.03. The number of benzene rings is 1. The molecule has 1 aromatic rings. The van der Waals surface area contributed by atoms with Crippen LogP contribution in [0.5, 0.6) is 5.75 Å². The van der Waals surface area contributed by atoms with Gasteiger partial charge in [0.2, 0.25) is 0 Å². The van der Waals surface area contributed by atoms with Gasteiger partial charge in [-0.2, -0.15) is 0 Å². The minimum Gasteiger partial charge on any atom is -0.324 e. The van der Waals surface area contributed by atoms with Crippen molar-refractivity contribution in [3.63, 3.8) is 0 Å². The molecule has 0 aliphatic rings. The fraction of sp³-hybridized carbons (Fsp3) is 0.143. The molecule has 1 rings (SSSR count). The summed E-state index contributed by atoms with van der Waals surface area (Å²) in [5.74, 6) is -0.161. The molecule has 0 atom stereocenters. The van der Waals surface area contributed by atoms with Gasteiger partial charge in [-0.1, -0.05) is 18.2 Å². The highest BCUT2D eigenvalue weighted by Gasteiger charge is 2.17. The van der Waals surface area contributed by atoms with Gasteiger partial charge in [0.15, 0.2) is 0 Å². The molecule has 0 aliphatic heterocycles. The first-order valence-corrected chi connectivity index (χ1v) is 5.63. The van der Waals surface area contributed by atoms with Crippen LogP contribution in [0.2, 0.25) is 0 Å². The third-order valence-electron chi connectivity index (χ3n) is 1.52. The number of para-hydroxylation sites is 1. The van der Waals surface area contributed by atoms with E-state index in [1.54, 1.807) is 0 Å². The topological polar surface area (TPSA) is 110 Å². The van der Waals surface area contributed by atoms with E-state index in [1.807, 2.05) is 0 Å². The zero-order chi connectivity index (χ0) is 11.5. The molecule has 0 bridgehead atoms. The number of rotatable bonds is 4. The van der Waals surface area contributed by atoms with Crippen LogP contribution >= 0.6 is 7.60 Å². The average Bonchev–Trinajstić information content (AvgIpc) is 2.05. The molecular formula is C7H8NO6P. The van der Waals surface area contributed by atoms with Crippen molar-refractivity contribution in [3.8, 4) is 5.75 Å². The lowest BCUT2D eigenvalue weighted by molar-refractivity contribution is -0.711. The zero-order valence-electron chi connectivity index (χ0n) is 7.44. The Morgan fingerprint density at radius 3 is 2.53 bits per heavy atom. The third-order valence-corrected chi connectivity index (χ3v) is 2.27. The van der Waals surface area contributed by atoms with Crippen molar-refractivity contribution in [1.82, 2.24) is 0 Å². The number of hydrogen-bond acceptors (Lipinski definition) is 4. The summed E-state index contributed by atoms with van der Waals surface area (Å²) in [7, 11) is -4.26. The highest BCUT2D eigenvalue weighted by molar-refractivity contribution is 7.50. The van der Waals surface area contributed by atoms with Crippen molar-refractivity contribution in [2.45, 2.75) is 6.16 Å². The summed E-state index contributed by atoms with van der Waals surface area (Å²) in [4.78, 5) is 31.7. The van der Waals surface area contributed by atoms with Crippen molar-refractivity contribution in [1.29, 1.82) is 0 Å². The Balaban J connectivity index is 2.96. The molecule has 8 heteroatoms. The van der Waals surface area contributed by atoms with Crippen molar-refractivity contribution in [2.24, 2.45) is 0 Å². The first-order valence-electron chi connectivity index (χ1n) is 3.83. The summed E-state index contributed by atoms with van der Waals surface area (Å²) >= 11 is 0. The summed E-state index contributed by atoms with van der Waals surface area (Å²) in [5, 5.41) is 9.05. The molecule has 0 spiro atoms. The van der Waals surface area contributed by atoms with Gasteiger partial charge in [0.1, 0.15) is 5.75 Å². The largest absolute Gasteiger partial charge is 0.329 e. The Hall–Kier alpha value is -1.43. The van der Waals surface area contributed by atoms with Gasteiger partial charge in [-0.05, 0) is 11.6 Å². The van der Waals surface area contributed by atoms with E-state index in [9.17, 15) is 14.7 Å². The van der Waals surface area contributed by atoms with Crippen molar-refractivity contribution >= 4 is 7.60 Å². The monoisotopic (exact) mass is 233 g/mol. The molecule has 1 aromatic carbocycles. The van der Waals surface area contributed by atoms with Crippen LogP contribution in [0.3, 0.4) is 0 Å². The fourth-order valence-corrected chi connectivity index (χ4v) is 1.73. The molecule has 0 fully saturated rings. The van der Waals surface area contributed by atoms with Crippen LogP contribution in [0.1, 0.15) is 5.56 Å². The normalized spacial score (nSPS) is 11.1. The standard InChI is InChI=1S/C7H8NO6P/c9-8(10)14-7-4-2-1-3-6(7)5-15(11,12)13/h1-4H,5H2,(H2,11,12,13). The summed E-state index contributed by atoms with van der Waals surface area (Å²) in [6.07, 6.45) is -0.586. The lowest BCUT2D eigenvalue weighted by Crippen LogP contribution is -2.05. The summed E-state index contributed by atoms with van der Waals surface area (Å²) in [6, 6.07) is 5.62. The lowest BCUT2D eigenvalue weighted by Gasteiger charge is -2.07. The third kappa shape index (κ3) is 4.07. The van der Waals surface area contributed by atoms with Crippen LogP contribution in [0.15, 0.2) is 24.3 Å². The Kier molecular flexibility index (Phi) is 3.41. The van der Waals surface area contributed by atoms with Crippen LogP contribution in [-0.2, 0) is 10.7 Å². The second kappa shape index (κ2) is 4.39. The smallest absolute Gasteiger partial charge is 0.324 e. The SMILES string of the molecule is O=[N+]([O-])Oc1ccccc1CP(=O)(O)O. The van der Waals surface area contributed by atoms with Gasteiger partial charge in [0, 0.05) is 0 Å². The average molecular weight is 233 g/mol. The van der Waals surface area contributed by atoms with E-state index in [0.717, 1.165) is 0 Å². The van der Waals surface area contributed by atoms with Gasteiger partial charge in [-0.3, -0.25) is 9.40 Å². The molecule has 0 unspecified atom stereocenters. The van der Waals surface area contributed by atoms with E-state index in [0.29, 0.717) is 0 Å². The van der Waals surface area contributed by atoms with Crippen molar-refractivity contribution in [2.75, 3.05) is 0 Å². The molecule has 0 amide bonds. The maximum Gasteiger partial charge on any atom is 0.329 e. The van der Waals surface area contributed by atoms with E-state index < -0.39 is 18.8 Å². The van der Waals surface area contributed by atoms with E-state index in [4.69, 9.17) is 9.79 Å². The maximum atomic E-state index is 10.7. The second-order valence-electron chi connectivity index (χ2n) is 2.75. The molecular weight excluding hydrogens is 225 g/mol. The van der Waals surface area contributed by atoms with Gasteiger partial charge in [0.25, 0.3) is 5.09 Å². The molecule has 0 radical (unpaired) electrons. The molecule has 7 nitrogen and oxygen atoms in total. The minimum absolute atomic E-state index is 0.0996. The van der Waals surface area contributed by atoms with Crippen molar-refractivity contribution < 1.29 is 24.3 Å². The predicted molar refractivity (Wildman–Crippen MR) is 49.8 cm³/mol. The Morgan fingerprint density at radius 2 is 2.00 bits per heavy atom. The van der Waals surface area contributed by atoms with E-state index >= 15 is 0 Å². The minimum atomic E-state index is -4.26. The first-order chi connectivity index (χ1) is 6.88. The molecule has 82 valence electrons. The first kappa shape index (κ1) is 11.6. The molecule has 0 saturated carbocycles. The number of hydrogen-bond donors (Lipinski definition) is 2. The van der Waals surface area contributed by atoms with E-state index in [-0.39, 0.29) is 11.3 Å². The van der Waals surface area contributed by atoms with Crippen molar-refractivity contribution in [3.05, 3.63) is 39.9 Å². The van der Waals surface area contributed by atoms with Crippen LogP contribution in [-0.4, -0.2) is 14.9 Å². The van der Waals surface area contributed by atoms with Crippen LogP contribution in [0.4, 0.5) is 0 Å². The van der Waals surface area contributed by atoms with Gasteiger partial charge >= 0.3 is 7.60 Å². The molecule has 2 N–H and O–H groups in total. The van der Waals surface area contributed by atoms with Crippen LogP contribution < -0.4 is 4.84 Å². The van der Waals surface area contributed by atoms with E-state index in [1.165, 1.54) is 24.3 Å². The van der Waals surface area contributed by atoms with Crippen LogP contribution in [0.25, 0.3) is 0 Å². The Morgan fingerprint density at radius 1 is 1.40 bits per heavy atom. The highest BCUT2D eigenvalue weighted by atomic mass is 31.2. The summed E-state index contributed by atoms with van der Waals surface area (Å²) in [6.45, 7) is 0. The lowest BCUT2D eigenvalue weighted by atomic mass is 10.2. The summed E-state index contributed by atoms with van der Waals surface area (Å²) < 4.78 is 10.7. The van der Waals surface area contributed by atoms with Crippen LogP contribution in [0, 0.1) is 10.1 Å². The number of nitrogens with zero attached hydrogens (tertiary/aromatic N) is 1. The predicted octanol–water partition coefficient (Wildman–Crippen LogP) is 0.935. The highest BCUT2D eigenvalue weighted by Crippen LogP contribution is 2.41. The van der Waals surface area contributed by atoms with Gasteiger partial charge < -0.3 is 9.79 Å². The van der Waals surface area contributed by atoms with Gasteiger partial charge in [-0.15, -0.1) is 10.1 Å². The van der Waals surface area contributed by atoms with Gasteiger partial charge in [-0.25, -0.2) is 0 Å². The molecule has 0 aromatic heterocycles. The summed E-state index contributed by atoms with van der Waals surface area (Å²) in [5.41, 5.74) is 0.0996. The molecule has 0 saturated heterocycles. The molecule has 0 heterocycles. The Bertz CT molecular complexity index is 414. The molecule has 0 aliphatic carbocycles.